The topological polar surface area (TPSA) is 111 Å². The minimum atomic E-state index is -3.87. The number of rotatable bonds is 9. The van der Waals surface area contributed by atoms with Gasteiger partial charge >= 0.3 is 0 Å². The summed E-state index contributed by atoms with van der Waals surface area (Å²) >= 11 is 1.22. The molecule has 7 rings (SSSR count). The Morgan fingerprint density at radius 1 is 1.13 bits per heavy atom. The van der Waals surface area contributed by atoms with Crippen molar-refractivity contribution in [2.75, 3.05) is 17.6 Å². The van der Waals surface area contributed by atoms with Crippen LogP contribution in [0.3, 0.4) is 0 Å². The van der Waals surface area contributed by atoms with E-state index >= 15 is 0 Å². The maximum absolute atomic E-state index is 13.0. The van der Waals surface area contributed by atoms with Gasteiger partial charge in [0, 0.05) is 6.04 Å². The van der Waals surface area contributed by atoms with Crippen LogP contribution in [0.25, 0.3) is 11.1 Å². The number of thioether (sulfide) groups is 1. The molecule has 0 radical (unpaired) electrons. The first kappa shape index (κ1) is 25.6. The SMILES string of the molecule is COc1ccccc1NS(=O)(=O)c1ccc2oc(SCC(=O)NC(C)C34CC5CC(CC(C5)C3)C4)nc2c1. The van der Waals surface area contributed by atoms with E-state index in [2.05, 4.69) is 21.9 Å². The molecule has 1 aromatic heterocycles. The summed E-state index contributed by atoms with van der Waals surface area (Å²) in [7, 11) is -2.39. The highest BCUT2D eigenvalue weighted by Gasteiger charge is 2.53. The van der Waals surface area contributed by atoms with Gasteiger partial charge in [-0.15, -0.1) is 0 Å². The van der Waals surface area contributed by atoms with Gasteiger partial charge in [0.15, 0.2) is 5.58 Å². The van der Waals surface area contributed by atoms with Gasteiger partial charge < -0.3 is 14.5 Å². The molecule has 8 nitrogen and oxygen atoms in total. The summed E-state index contributed by atoms with van der Waals surface area (Å²) in [5, 5.41) is 3.61. The predicted octanol–water partition coefficient (Wildman–Crippen LogP) is 5.45. The van der Waals surface area contributed by atoms with E-state index in [0.717, 1.165) is 17.8 Å². The molecule has 0 aliphatic heterocycles. The lowest BCUT2D eigenvalue weighted by Gasteiger charge is -2.59. The fourth-order valence-corrected chi connectivity index (χ4v) is 9.06. The predicted molar refractivity (Wildman–Crippen MR) is 147 cm³/mol. The molecule has 4 fully saturated rings. The van der Waals surface area contributed by atoms with Crippen LogP contribution in [0.1, 0.15) is 45.4 Å². The number of oxazole rings is 1. The van der Waals surface area contributed by atoms with Gasteiger partial charge in [0.05, 0.1) is 23.4 Å². The smallest absolute Gasteiger partial charge is 0.262 e. The van der Waals surface area contributed by atoms with E-state index in [4.69, 9.17) is 9.15 Å². The number of nitrogens with one attached hydrogen (secondary N) is 2. The van der Waals surface area contributed by atoms with Crippen LogP contribution in [0.15, 0.2) is 57.0 Å². The van der Waals surface area contributed by atoms with Gasteiger partial charge in [-0.05, 0) is 98.9 Å². The quantitative estimate of drug-likeness (QED) is 0.338. The molecule has 4 saturated carbocycles. The Morgan fingerprint density at radius 2 is 1.82 bits per heavy atom. The number of nitrogens with zero attached hydrogens (tertiary/aromatic N) is 1. The molecule has 4 aliphatic rings. The van der Waals surface area contributed by atoms with Crippen LogP contribution in [0.5, 0.6) is 5.75 Å². The number of carbonyl (C=O) groups excluding carboxylic acids is 1. The van der Waals surface area contributed by atoms with E-state index in [0.29, 0.717) is 27.8 Å². The summed E-state index contributed by atoms with van der Waals surface area (Å²) in [5.41, 5.74) is 1.48. The molecule has 1 heterocycles. The Labute approximate surface area is 227 Å². The second kappa shape index (κ2) is 9.79. The van der Waals surface area contributed by atoms with Gasteiger partial charge in [0.25, 0.3) is 15.2 Å². The first-order valence-corrected chi connectivity index (χ1v) is 15.7. The van der Waals surface area contributed by atoms with Crippen molar-refractivity contribution in [2.45, 2.75) is 61.6 Å². The molecule has 202 valence electrons. The Hall–Kier alpha value is -2.72. The van der Waals surface area contributed by atoms with E-state index < -0.39 is 10.0 Å². The minimum absolute atomic E-state index is 0.0234. The van der Waals surface area contributed by atoms with Crippen molar-refractivity contribution in [3.63, 3.8) is 0 Å². The van der Waals surface area contributed by atoms with Crippen molar-refractivity contribution in [1.29, 1.82) is 0 Å². The van der Waals surface area contributed by atoms with E-state index in [-0.39, 0.29) is 28.0 Å². The summed E-state index contributed by atoms with van der Waals surface area (Å²) in [5.74, 6) is 3.12. The number of methoxy groups -OCH3 is 1. The van der Waals surface area contributed by atoms with Crippen molar-refractivity contribution >= 4 is 44.5 Å². The maximum atomic E-state index is 13.0. The highest BCUT2D eigenvalue weighted by Crippen LogP contribution is 2.61. The van der Waals surface area contributed by atoms with Crippen LogP contribution in [-0.2, 0) is 14.8 Å². The summed E-state index contributed by atoms with van der Waals surface area (Å²) in [4.78, 5) is 17.3. The molecule has 2 N–H and O–H groups in total. The Kier molecular flexibility index (Phi) is 6.58. The number of benzene rings is 2. The zero-order chi connectivity index (χ0) is 26.5. The summed E-state index contributed by atoms with van der Waals surface area (Å²) in [6.07, 6.45) is 7.88. The first-order valence-electron chi connectivity index (χ1n) is 13.2. The molecular formula is C28H33N3O5S2. The second-order valence-electron chi connectivity index (χ2n) is 11.3. The van der Waals surface area contributed by atoms with Crippen molar-refractivity contribution in [3.8, 4) is 5.75 Å². The number of para-hydroxylation sites is 2. The molecule has 2 aromatic carbocycles. The van der Waals surface area contributed by atoms with Crippen LogP contribution in [0, 0.1) is 23.2 Å². The van der Waals surface area contributed by atoms with Crippen LogP contribution < -0.4 is 14.8 Å². The monoisotopic (exact) mass is 555 g/mol. The number of sulfonamides is 1. The number of ether oxygens (including phenoxy) is 1. The van der Waals surface area contributed by atoms with E-state index in [1.807, 2.05) is 0 Å². The van der Waals surface area contributed by atoms with Crippen molar-refractivity contribution < 1.29 is 22.4 Å². The molecule has 4 aliphatic carbocycles. The van der Waals surface area contributed by atoms with Crippen LogP contribution in [0.4, 0.5) is 5.69 Å². The minimum Gasteiger partial charge on any atom is -0.495 e. The molecule has 1 unspecified atom stereocenters. The number of amides is 1. The van der Waals surface area contributed by atoms with Crippen LogP contribution in [0.2, 0.25) is 0 Å². The highest BCUT2D eigenvalue weighted by atomic mass is 32.2. The lowest BCUT2D eigenvalue weighted by atomic mass is 9.48. The third-order valence-electron chi connectivity index (χ3n) is 8.71. The summed E-state index contributed by atoms with van der Waals surface area (Å²) < 4.78 is 39.6. The van der Waals surface area contributed by atoms with Crippen LogP contribution >= 0.6 is 11.8 Å². The molecule has 4 bridgehead atoms. The lowest BCUT2D eigenvalue weighted by molar-refractivity contribution is -0.123. The average molecular weight is 556 g/mol. The maximum Gasteiger partial charge on any atom is 0.262 e. The molecule has 10 heteroatoms. The Balaban J connectivity index is 1.09. The number of hydrogen-bond acceptors (Lipinski definition) is 7. The van der Waals surface area contributed by atoms with Gasteiger partial charge in [-0.2, -0.15) is 0 Å². The van der Waals surface area contributed by atoms with Gasteiger partial charge in [-0.1, -0.05) is 23.9 Å². The summed E-state index contributed by atoms with van der Waals surface area (Å²) in [6.45, 7) is 2.18. The zero-order valence-corrected chi connectivity index (χ0v) is 23.2. The van der Waals surface area contributed by atoms with Gasteiger partial charge in [-0.3, -0.25) is 9.52 Å². The molecule has 1 amide bonds. The second-order valence-corrected chi connectivity index (χ2v) is 13.9. The fraction of sp³-hybridized carbons (Fsp3) is 0.500. The third kappa shape index (κ3) is 4.88. The highest BCUT2D eigenvalue weighted by molar-refractivity contribution is 7.99. The Bertz CT molecular complexity index is 1430. The van der Waals surface area contributed by atoms with Crippen molar-refractivity contribution in [2.24, 2.45) is 23.2 Å². The third-order valence-corrected chi connectivity index (χ3v) is 10.9. The molecule has 0 saturated heterocycles. The van der Waals surface area contributed by atoms with Gasteiger partial charge in [0.2, 0.25) is 5.91 Å². The lowest BCUT2D eigenvalue weighted by Crippen LogP contribution is -2.56. The molecule has 38 heavy (non-hydrogen) atoms. The number of hydrogen-bond donors (Lipinski definition) is 2. The molecule has 1 atom stereocenters. The zero-order valence-electron chi connectivity index (χ0n) is 21.6. The molecule has 3 aromatic rings. The fourth-order valence-electron chi connectivity index (χ4n) is 7.32. The van der Waals surface area contributed by atoms with Crippen molar-refractivity contribution in [1.82, 2.24) is 10.3 Å². The van der Waals surface area contributed by atoms with Crippen LogP contribution in [-0.4, -0.2) is 38.2 Å². The number of anilines is 1. The first-order chi connectivity index (χ1) is 18.2. The van der Waals surface area contributed by atoms with Gasteiger partial charge in [-0.25, -0.2) is 13.4 Å². The van der Waals surface area contributed by atoms with Crippen molar-refractivity contribution in [3.05, 3.63) is 42.5 Å². The van der Waals surface area contributed by atoms with E-state index in [1.165, 1.54) is 69.5 Å². The molecule has 0 spiro atoms. The van der Waals surface area contributed by atoms with E-state index in [9.17, 15) is 13.2 Å². The number of aromatic nitrogens is 1. The number of carbonyl (C=O) groups is 1. The largest absolute Gasteiger partial charge is 0.495 e. The summed E-state index contributed by atoms with van der Waals surface area (Å²) in [6, 6.07) is 11.5. The van der Waals surface area contributed by atoms with Gasteiger partial charge in [0.1, 0.15) is 11.3 Å². The number of fused-ring (bicyclic) bond motifs is 1. The van der Waals surface area contributed by atoms with E-state index in [1.54, 1.807) is 30.3 Å². The Morgan fingerprint density at radius 3 is 2.50 bits per heavy atom. The standard InChI is InChI=1S/C28H33N3O5S2/c1-17(28-13-18-9-19(14-28)11-20(10-18)15-28)29-26(32)16-37-27-30-23-12-21(7-8-25(23)36-27)38(33,34)31-22-5-3-4-6-24(22)35-2/h3-8,12,17-20,31H,9-11,13-16H2,1-2H3,(H,29,32). The average Bonchev–Trinajstić information content (AvgIpc) is 3.29. The molecular weight excluding hydrogens is 522 g/mol. The normalized spacial score (nSPS) is 26.8.